The second-order valence-corrected chi connectivity index (χ2v) is 7.88. The number of nitrogens with zero attached hydrogens (tertiary/aromatic N) is 2. The number of ketones is 1. The lowest BCUT2D eigenvalue weighted by molar-refractivity contribution is -0.129. The van der Waals surface area contributed by atoms with Gasteiger partial charge in [-0.25, -0.2) is 0 Å². The molecule has 164 valence electrons. The van der Waals surface area contributed by atoms with Crippen molar-refractivity contribution in [2.24, 2.45) is 0 Å². The summed E-state index contributed by atoms with van der Waals surface area (Å²) in [6.07, 6.45) is 0.772. The number of rotatable bonds is 10. The largest absolute Gasteiger partial charge is 0.503 e. The normalized spacial score (nSPS) is 16.3. The minimum absolute atomic E-state index is 0.174. The number of hydrogen-bond donors (Lipinski definition) is 1. The molecule has 6 heteroatoms. The molecule has 0 spiro atoms. The highest BCUT2D eigenvalue weighted by Gasteiger charge is 2.43. The molecule has 0 radical (unpaired) electrons. The van der Waals surface area contributed by atoms with Crippen molar-refractivity contribution >= 4 is 11.7 Å². The molecule has 2 aromatic carbocycles. The SMILES string of the molecule is CCOc1cccc(C2C(C(=O)CCc3ccccc3)=C(O)C(=O)N2CCN(C)C)c1. The van der Waals surface area contributed by atoms with Gasteiger partial charge >= 0.3 is 0 Å². The highest BCUT2D eigenvalue weighted by Crippen LogP contribution is 2.39. The van der Waals surface area contributed by atoms with Crippen LogP contribution in [0.2, 0.25) is 0 Å². The number of hydrogen-bond acceptors (Lipinski definition) is 5. The number of benzene rings is 2. The van der Waals surface area contributed by atoms with Crippen molar-refractivity contribution in [1.82, 2.24) is 9.80 Å². The van der Waals surface area contributed by atoms with Crippen LogP contribution in [0.5, 0.6) is 5.75 Å². The van der Waals surface area contributed by atoms with E-state index in [0.29, 0.717) is 31.9 Å². The molecular formula is C25H30N2O4. The van der Waals surface area contributed by atoms with E-state index in [9.17, 15) is 14.7 Å². The van der Waals surface area contributed by atoms with Crippen LogP contribution in [-0.4, -0.2) is 60.4 Å². The number of aliphatic hydroxyl groups is 1. The van der Waals surface area contributed by atoms with Crippen LogP contribution in [-0.2, 0) is 16.0 Å². The van der Waals surface area contributed by atoms with E-state index in [1.165, 1.54) is 0 Å². The Labute approximate surface area is 183 Å². The Morgan fingerprint density at radius 1 is 1.13 bits per heavy atom. The van der Waals surface area contributed by atoms with Crippen LogP contribution < -0.4 is 4.74 Å². The maximum atomic E-state index is 13.2. The van der Waals surface area contributed by atoms with E-state index in [0.717, 1.165) is 11.1 Å². The molecule has 1 atom stereocenters. The summed E-state index contributed by atoms with van der Waals surface area (Å²) in [5.41, 5.74) is 1.97. The molecule has 3 rings (SSSR count). The van der Waals surface area contributed by atoms with Gasteiger partial charge in [0.2, 0.25) is 0 Å². The van der Waals surface area contributed by atoms with Gasteiger partial charge in [-0.1, -0.05) is 42.5 Å². The quantitative estimate of drug-likeness (QED) is 0.634. The first kappa shape index (κ1) is 22.6. The van der Waals surface area contributed by atoms with E-state index < -0.39 is 17.7 Å². The molecule has 1 aliphatic rings. The molecule has 1 amide bonds. The number of carbonyl (C=O) groups is 2. The number of likely N-dealkylation sites (N-methyl/N-ethyl adjacent to an activating group) is 1. The first-order chi connectivity index (χ1) is 14.9. The smallest absolute Gasteiger partial charge is 0.290 e. The van der Waals surface area contributed by atoms with Gasteiger partial charge in [-0.05, 0) is 50.7 Å². The first-order valence-corrected chi connectivity index (χ1v) is 10.6. The zero-order chi connectivity index (χ0) is 22.4. The van der Waals surface area contributed by atoms with Crippen LogP contribution in [0.3, 0.4) is 0 Å². The number of amides is 1. The third-order valence-electron chi connectivity index (χ3n) is 5.36. The van der Waals surface area contributed by atoms with E-state index in [-0.39, 0.29) is 17.8 Å². The number of ether oxygens (including phenoxy) is 1. The molecular weight excluding hydrogens is 392 g/mol. The number of Topliss-reactive ketones (excluding diaryl/α,β-unsaturated/α-hetero) is 1. The summed E-state index contributed by atoms with van der Waals surface area (Å²) >= 11 is 0. The zero-order valence-electron chi connectivity index (χ0n) is 18.4. The molecule has 1 aliphatic heterocycles. The lowest BCUT2D eigenvalue weighted by atomic mass is 9.93. The summed E-state index contributed by atoms with van der Waals surface area (Å²) in [5, 5.41) is 10.7. The predicted octanol–water partition coefficient (Wildman–Crippen LogP) is 3.54. The van der Waals surface area contributed by atoms with Gasteiger partial charge in [-0.3, -0.25) is 9.59 Å². The second-order valence-electron chi connectivity index (χ2n) is 7.88. The van der Waals surface area contributed by atoms with Gasteiger partial charge in [0, 0.05) is 19.5 Å². The Hall–Kier alpha value is -3.12. The summed E-state index contributed by atoms with van der Waals surface area (Å²) in [5.74, 6) is -0.489. The third kappa shape index (κ3) is 5.33. The molecule has 2 aromatic rings. The van der Waals surface area contributed by atoms with Gasteiger partial charge in [-0.2, -0.15) is 0 Å². The maximum absolute atomic E-state index is 13.2. The van der Waals surface area contributed by atoms with Crippen molar-refractivity contribution in [3.05, 3.63) is 77.1 Å². The molecule has 0 aromatic heterocycles. The van der Waals surface area contributed by atoms with Crippen molar-refractivity contribution in [3.63, 3.8) is 0 Å². The van der Waals surface area contributed by atoms with Crippen molar-refractivity contribution < 1.29 is 19.4 Å². The zero-order valence-corrected chi connectivity index (χ0v) is 18.4. The lowest BCUT2D eigenvalue weighted by Crippen LogP contribution is -2.36. The molecule has 6 nitrogen and oxygen atoms in total. The summed E-state index contributed by atoms with van der Waals surface area (Å²) < 4.78 is 5.62. The highest BCUT2D eigenvalue weighted by molar-refractivity contribution is 6.09. The van der Waals surface area contributed by atoms with Crippen LogP contribution in [0.4, 0.5) is 0 Å². The first-order valence-electron chi connectivity index (χ1n) is 10.6. The Morgan fingerprint density at radius 2 is 1.87 bits per heavy atom. The van der Waals surface area contributed by atoms with Crippen molar-refractivity contribution in [1.29, 1.82) is 0 Å². The van der Waals surface area contributed by atoms with Crippen LogP contribution in [0, 0.1) is 0 Å². The van der Waals surface area contributed by atoms with E-state index in [2.05, 4.69) is 0 Å². The summed E-state index contributed by atoms with van der Waals surface area (Å²) in [6, 6.07) is 16.5. The molecule has 1 N–H and O–H groups in total. The van der Waals surface area contributed by atoms with Crippen molar-refractivity contribution in [2.45, 2.75) is 25.8 Å². The van der Waals surface area contributed by atoms with Crippen LogP contribution >= 0.6 is 0 Å². The van der Waals surface area contributed by atoms with Crippen molar-refractivity contribution in [2.75, 3.05) is 33.8 Å². The molecule has 0 fully saturated rings. The maximum Gasteiger partial charge on any atom is 0.290 e. The van der Waals surface area contributed by atoms with Gasteiger partial charge in [-0.15, -0.1) is 0 Å². The average Bonchev–Trinajstić information content (AvgIpc) is 3.02. The fourth-order valence-electron chi connectivity index (χ4n) is 3.80. The number of aliphatic hydroxyl groups excluding tert-OH is 1. The van der Waals surface area contributed by atoms with Gasteiger partial charge < -0.3 is 19.6 Å². The Bertz CT molecular complexity index is 953. The van der Waals surface area contributed by atoms with E-state index in [4.69, 9.17) is 4.74 Å². The minimum Gasteiger partial charge on any atom is -0.503 e. The topological polar surface area (TPSA) is 70.1 Å². The summed E-state index contributed by atoms with van der Waals surface area (Å²) in [7, 11) is 3.84. The minimum atomic E-state index is -0.629. The van der Waals surface area contributed by atoms with E-state index in [1.807, 2.05) is 80.5 Å². The van der Waals surface area contributed by atoms with Crippen molar-refractivity contribution in [3.8, 4) is 5.75 Å². The Balaban J connectivity index is 1.92. The molecule has 1 unspecified atom stereocenters. The third-order valence-corrected chi connectivity index (χ3v) is 5.36. The second kappa shape index (κ2) is 10.3. The van der Waals surface area contributed by atoms with E-state index in [1.54, 1.807) is 4.90 Å². The number of aryl methyl sites for hydroxylation is 1. The van der Waals surface area contributed by atoms with Crippen LogP contribution in [0.1, 0.15) is 30.5 Å². The fraction of sp³-hybridized carbons (Fsp3) is 0.360. The molecule has 31 heavy (non-hydrogen) atoms. The van der Waals surface area contributed by atoms with E-state index >= 15 is 0 Å². The molecule has 0 aliphatic carbocycles. The van der Waals surface area contributed by atoms with Gasteiger partial charge in [0.25, 0.3) is 5.91 Å². The summed E-state index contributed by atoms with van der Waals surface area (Å²) in [6.45, 7) is 3.43. The Kier molecular flexibility index (Phi) is 7.47. The van der Waals surface area contributed by atoms with Gasteiger partial charge in [0.05, 0.1) is 18.2 Å². The lowest BCUT2D eigenvalue weighted by Gasteiger charge is -2.28. The van der Waals surface area contributed by atoms with Gasteiger partial charge in [0.15, 0.2) is 11.5 Å². The predicted molar refractivity (Wildman–Crippen MR) is 120 cm³/mol. The molecule has 0 bridgehead atoms. The molecule has 1 heterocycles. The highest BCUT2D eigenvalue weighted by atomic mass is 16.5. The monoisotopic (exact) mass is 422 g/mol. The van der Waals surface area contributed by atoms with Crippen LogP contribution in [0.25, 0.3) is 0 Å². The average molecular weight is 423 g/mol. The molecule has 0 saturated heterocycles. The number of carbonyl (C=O) groups excluding carboxylic acids is 2. The Morgan fingerprint density at radius 3 is 2.55 bits per heavy atom. The van der Waals surface area contributed by atoms with Gasteiger partial charge in [0.1, 0.15) is 5.75 Å². The molecule has 0 saturated carbocycles. The standard InChI is InChI=1S/C25H30N2O4/c1-4-31-20-12-8-11-19(17-20)23-22(21(28)14-13-18-9-6-5-7-10-18)24(29)25(30)27(23)16-15-26(2)3/h5-12,17,23,29H,4,13-16H2,1-3H3. The summed E-state index contributed by atoms with van der Waals surface area (Å²) in [4.78, 5) is 29.7. The van der Waals surface area contributed by atoms with Crippen LogP contribution in [0.15, 0.2) is 65.9 Å². The fourth-order valence-corrected chi connectivity index (χ4v) is 3.80.